The first-order valence-corrected chi connectivity index (χ1v) is 13.3. The summed E-state index contributed by atoms with van der Waals surface area (Å²) in [6, 6.07) is 31.1. The summed E-state index contributed by atoms with van der Waals surface area (Å²) in [5.74, 6) is 0. The molecule has 0 fully saturated rings. The van der Waals surface area contributed by atoms with Gasteiger partial charge in [-0.3, -0.25) is 9.20 Å². The van der Waals surface area contributed by atoms with Crippen LogP contribution >= 0.6 is 30.2 Å². The Morgan fingerprint density at radius 1 is 0.875 bits per heavy atom. The van der Waals surface area contributed by atoms with Gasteiger partial charge < -0.3 is 12.4 Å². The second-order valence-corrected chi connectivity index (χ2v) is 12.5. The topological polar surface area (TPSA) is 34.4 Å². The number of hydrogen-bond acceptors (Lipinski definition) is 3. The molecular weight excluding hydrogens is 478 g/mol. The van der Waals surface area contributed by atoms with E-state index in [0.29, 0.717) is 15.0 Å². The van der Waals surface area contributed by atoms with Gasteiger partial charge in [-0.05, 0) is 36.4 Å². The van der Waals surface area contributed by atoms with E-state index in [9.17, 15) is 4.79 Å². The van der Waals surface area contributed by atoms with E-state index in [1.807, 2.05) is 18.2 Å². The Morgan fingerprint density at radius 2 is 1.44 bits per heavy atom. The van der Waals surface area contributed by atoms with Gasteiger partial charge in [0.2, 0.25) is 0 Å². The highest BCUT2D eigenvalue weighted by atomic mass is 35.5. The van der Waals surface area contributed by atoms with Crippen LogP contribution in [0.3, 0.4) is 0 Å². The number of halogens is 2. The zero-order valence-corrected chi connectivity index (χ0v) is 20.4. The minimum absolute atomic E-state index is 0. The molecule has 7 heteroatoms. The average Bonchev–Trinajstić information content (AvgIpc) is 3.20. The van der Waals surface area contributed by atoms with Gasteiger partial charge in [-0.2, -0.15) is 0 Å². The summed E-state index contributed by atoms with van der Waals surface area (Å²) in [5.41, 5.74) is 1.53. The Labute approximate surface area is 202 Å². The van der Waals surface area contributed by atoms with Crippen molar-refractivity contribution in [3.05, 3.63) is 112 Å². The molecule has 160 valence electrons. The van der Waals surface area contributed by atoms with Crippen LogP contribution in [0.15, 0.2) is 102 Å². The molecule has 5 rings (SSSR count). The van der Waals surface area contributed by atoms with Crippen LogP contribution < -0.4 is 33.9 Å². The maximum absolute atomic E-state index is 12.8. The van der Waals surface area contributed by atoms with E-state index in [0.717, 1.165) is 5.56 Å². The van der Waals surface area contributed by atoms with Gasteiger partial charge in [0.05, 0.1) is 12.4 Å². The van der Waals surface area contributed by atoms with Gasteiger partial charge in [-0.1, -0.05) is 71.5 Å². The smallest absolute Gasteiger partial charge is 0.259 e. The predicted octanol–water partition coefficient (Wildman–Crippen LogP) is 2.00. The van der Waals surface area contributed by atoms with E-state index < -0.39 is 7.26 Å². The Hall–Kier alpha value is -2.49. The average molecular weight is 497 g/mol. The van der Waals surface area contributed by atoms with Crippen molar-refractivity contribution in [2.75, 3.05) is 6.66 Å². The summed E-state index contributed by atoms with van der Waals surface area (Å²) in [5, 5.41) is 3.77. The number of fused-ring (bicyclic) bond motifs is 1. The van der Waals surface area contributed by atoms with Crippen molar-refractivity contribution in [1.29, 1.82) is 0 Å². The SMILES string of the molecule is C[P+](c1ccccc1)(c1ccccc1)c1ccccc1-c1cc(=O)n2cc(Cl)sc2n1.[Cl-]. The van der Waals surface area contributed by atoms with Gasteiger partial charge >= 0.3 is 0 Å². The Bertz CT molecular complexity index is 1400. The van der Waals surface area contributed by atoms with Gasteiger partial charge in [-0.25, -0.2) is 4.98 Å². The van der Waals surface area contributed by atoms with E-state index >= 15 is 0 Å². The molecule has 0 aliphatic carbocycles. The molecule has 0 N–H and O–H groups in total. The van der Waals surface area contributed by atoms with Gasteiger partial charge in [0.25, 0.3) is 5.56 Å². The number of rotatable bonds is 4. The zero-order valence-electron chi connectivity index (χ0n) is 17.2. The van der Waals surface area contributed by atoms with Gasteiger partial charge in [0, 0.05) is 17.8 Å². The third-order valence-corrected chi connectivity index (χ3v) is 10.7. The lowest BCUT2D eigenvalue weighted by Gasteiger charge is -2.25. The molecule has 0 bridgehead atoms. The fourth-order valence-corrected chi connectivity index (χ4v) is 8.44. The fourth-order valence-electron chi connectivity index (χ4n) is 3.97. The first-order valence-electron chi connectivity index (χ1n) is 9.84. The normalized spacial score (nSPS) is 11.3. The van der Waals surface area contributed by atoms with Gasteiger partial charge in [0.1, 0.15) is 27.5 Å². The van der Waals surface area contributed by atoms with Crippen LogP contribution in [0.5, 0.6) is 0 Å². The molecule has 0 amide bonds. The minimum Gasteiger partial charge on any atom is -1.00 e. The lowest BCUT2D eigenvalue weighted by atomic mass is 10.1. The van der Waals surface area contributed by atoms with E-state index in [2.05, 4.69) is 73.4 Å². The van der Waals surface area contributed by atoms with E-state index in [1.54, 1.807) is 12.3 Å². The molecule has 0 aliphatic rings. The van der Waals surface area contributed by atoms with Crippen molar-refractivity contribution in [2.45, 2.75) is 0 Å². The lowest BCUT2D eigenvalue weighted by molar-refractivity contribution is -0.00000598. The van der Waals surface area contributed by atoms with Crippen molar-refractivity contribution in [2.24, 2.45) is 0 Å². The molecule has 3 nitrogen and oxygen atoms in total. The quantitative estimate of drug-likeness (QED) is 0.356. The highest BCUT2D eigenvalue weighted by molar-refractivity contribution is 7.95. The van der Waals surface area contributed by atoms with Crippen LogP contribution in [0.25, 0.3) is 16.2 Å². The van der Waals surface area contributed by atoms with Crippen LogP contribution in [-0.4, -0.2) is 16.0 Å². The third-order valence-electron chi connectivity index (χ3n) is 5.55. The molecule has 0 aliphatic heterocycles. The largest absolute Gasteiger partial charge is 1.00 e. The van der Waals surface area contributed by atoms with Crippen molar-refractivity contribution >= 4 is 51.1 Å². The molecule has 2 heterocycles. The number of thiazole rings is 1. The number of benzene rings is 3. The summed E-state index contributed by atoms with van der Waals surface area (Å²) >= 11 is 7.45. The number of aromatic nitrogens is 2. The highest BCUT2D eigenvalue weighted by Crippen LogP contribution is 2.53. The highest BCUT2D eigenvalue weighted by Gasteiger charge is 2.42. The van der Waals surface area contributed by atoms with Gasteiger partial charge in [-0.15, -0.1) is 0 Å². The maximum atomic E-state index is 12.8. The molecule has 32 heavy (non-hydrogen) atoms. The number of hydrogen-bond donors (Lipinski definition) is 0. The molecule has 5 aromatic rings. The molecule has 0 atom stereocenters. The van der Waals surface area contributed by atoms with Crippen molar-refractivity contribution in [3.63, 3.8) is 0 Å². The molecular formula is C25H19Cl2N2OPS. The Kier molecular flexibility index (Phi) is 6.50. The Morgan fingerprint density at radius 3 is 2.06 bits per heavy atom. The lowest BCUT2D eigenvalue weighted by Crippen LogP contribution is -3.00. The summed E-state index contributed by atoms with van der Waals surface area (Å²) in [6.07, 6.45) is 1.62. The molecule has 0 saturated carbocycles. The van der Waals surface area contributed by atoms with Crippen molar-refractivity contribution in [3.8, 4) is 11.3 Å². The van der Waals surface area contributed by atoms with E-state index in [1.165, 1.54) is 31.7 Å². The standard InChI is InChI=1S/C25H19ClN2OPS.ClH/c1-30(18-10-4-2-5-11-18,19-12-6-3-7-13-19)22-15-9-8-14-20(22)21-16-24(29)28-17-23(26)31-25(28)27-21;/h2-17H,1H3;1H/q+1;/p-1. The van der Waals surface area contributed by atoms with Gasteiger partial charge in [0.15, 0.2) is 4.96 Å². The number of nitrogens with zero attached hydrogens (tertiary/aromatic N) is 2. The van der Waals surface area contributed by atoms with Crippen LogP contribution in [0.4, 0.5) is 0 Å². The first-order chi connectivity index (χ1) is 15.1. The molecule has 0 spiro atoms. The van der Waals surface area contributed by atoms with Crippen LogP contribution in [0, 0.1) is 0 Å². The zero-order chi connectivity index (χ0) is 21.4. The third kappa shape index (κ3) is 3.89. The molecule has 0 radical (unpaired) electrons. The van der Waals surface area contributed by atoms with Crippen LogP contribution in [-0.2, 0) is 0 Å². The molecule has 3 aromatic carbocycles. The second kappa shape index (κ2) is 9.17. The molecule has 0 saturated heterocycles. The van der Waals surface area contributed by atoms with Crippen molar-refractivity contribution < 1.29 is 12.4 Å². The first kappa shape index (κ1) is 22.7. The predicted molar refractivity (Wildman–Crippen MR) is 134 cm³/mol. The molecule has 0 unspecified atom stereocenters. The second-order valence-electron chi connectivity index (χ2n) is 7.36. The monoisotopic (exact) mass is 496 g/mol. The minimum atomic E-state index is -1.97. The summed E-state index contributed by atoms with van der Waals surface area (Å²) < 4.78 is 2.04. The molecule has 2 aromatic heterocycles. The van der Waals surface area contributed by atoms with Crippen LogP contribution in [0.1, 0.15) is 0 Å². The summed E-state index contributed by atoms with van der Waals surface area (Å²) in [4.78, 5) is 18.2. The summed E-state index contributed by atoms with van der Waals surface area (Å²) in [6.45, 7) is 2.34. The summed E-state index contributed by atoms with van der Waals surface area (Å²) in [7, 11) is -1.97. The Balaban J connectivity index is 0.00000245. The van der Waals surface area contributed by atoms with Crippen molar-refractivity contribution in [1.82, 2.24) is 9.38 Å². The van der Waals surface area contributed by atoms with Crippen LogP contribution in [0.2, 0.25) is 4.34 Å². The fraction of sp³-hybridized carbons (Fsp3) is 0.0400. The van der Waals surface area contributed by atoms with E-state index in [4.69, 9.17) is 16.6 Å². The van der Waals surface area contributed by atoms with E-state index in [-0.39, 0.29) is 18.0 Å². The maximum Gasteiger partial charge on any atom is 0.259 e.